The second kappa shape index (κ2) is 7.27. The molecule has 24 heavy (non-hydrogen) atoms. The molecule has 0 unspecified atom stereocenters. The predicted molar refractivity (Wildman–Crippen MR) is 95.5 cm³/mol. The van der Waals surface area contributed by atoms with Crippen LogP contribution in [0, 0.1) is 6.92 Å². The highest BCUT2D eigenvalue weighted by molar-refractivity contribution is 7.98. The van der Waals surface area contributed by atoms with E-state index in [1.807, 2.05) is 43.3 Å². The van der Waals surface area contributed by atoms with Crippen LogP contribution in [0.2, 0.25) is 0 Å². The van der Waals surface area contributed by atoms with Crippen molar-refractivity contribution in [3.63, 3.8) is 0 Å². The monoisotopic (exact) mass is 339 g/mol. The molecule has 122 valence electrons. The van der Waals surface area contributed by atoms with E-state index in [-0.39, 0.29) is 17.4 Å². The van der Waals surface area contributed by atoms with E-state index < -0.39 is 0 Å². The number of hydrogen-bond acceptors (Lipinski definition) is 4. The van der Waals surface area contributed by atoms with Crippen LogP contribution in [0.5, 0.6) is 5.75 Å². The molecule has 5 heteroatoms. The van der Waals surface area contributed by atoms with E-state index in [9.17, 15) is 9.90 Å². The van der Waals surface area contributed by atoms with Gasteiger partial charge in [-0.1, -0.05) is 24.3 Å². The van der Waals surface area contributed by atoms with Gasteiger partial charge in [-0.15, -0.1) is 11.8 Å². The molecule has 4 nitrogen and oxygen atoms in total. The third kappa shape index (κ3) is 4.00. The van der Waals surface area contributed by atoms with E-state index >= 15 is 0 Å². The summed E-state index contributed by atoms with van der Waals surface area (Å²) in [5, 5.41) is 12.5. The highest BCUT2D eigenvalue weighted by atomic mass is 32.2. The zero-order valence-corrected chi connectivity index (χ0v) is 14.0. The molecule has 0 saturated heterocycles. The largest absolute Gasteiger partial charge is 0.506 e. The van der Waals surface area contributed by atoms with Crippen molar-refractivity contribution in [3.05, 3.63) is 77.7 Å². The Kier molecular flexibility index (Phi) is 4.91. The van der Waals surface area contributed by atoms with Crippen molar-refractivity contribution in [1.29, 1.82) is 0 Å². The molecule has 0 aliphatic heterocycles. The fourth-order valence-corrected chi connectivity index (χ4v) is 2.99. The van der Waals surface area contributed by atoms with Crippen LogP contribution in [0.25, 0.3) is 0 Å². The van der Waals surface area contributed by atoms with Crippen LogP contribution >= 0.6 is 11.8 Å². The van der Waals surface area contributed by atoms with Crippen LogP contribution in [-0.4, -0.2) is 11.0 Å². The molecule has 0 saturated carbocycles. The highest BCUT2D eigenvalue weighted by Gasteiger charge is 2.13. The fraction of sp³-hybridized carbons (Fsp3) is 0.105. The Labute approximate surface area is 144 Å². The van der Waals surface area contributed by atoms with E-state index in [0.29, 0.717) is 11.4 Å². The first kappa shape index (κ1) is 16.2. The van der Waals surface area contributed by atoms with Crippen LogP contribution in [-0.2, 0) is 5.75 Å². The van der Waals surface area contributed by atoms with E-state index in [4.69, 9.17) is 4.42 Å². The molecule has 0 aliphatic rings. The summed E-state index contributed by atoms with van der Waals surface area (Å²) < 4.78 is 5.59. The summed E-state index contributed by atoms with van der Waals surface area (Å²) in [5.74, 6) is 1.24. The van der Waals surface area contributed by atoms with Gasteiger partial charge < -0.3 is 14.8 Å². The Bertz CT molecular complexity index is 843. The fourth-order valence-electron chi connectivity index (χ4n) is 2.18. The number of benzene rings is 2. The van der Waals surface area contributed by atoms with E-state index in [0.717, 1.165) is 16.2 Å². The average Bonchev–Trinajstić information content (AvgIpc) is 3.05. The number of aromatic hydroxyl groups is 1. The number of anilines is 1. The first-order chi connectivity index (χ1) is 11.6. The summed E-state index contributed by atoms with van der Waals surface area (Å²) in [4.78, 5) is 13.4. The minimum Gasteiger partial charge on any atom is -0.506 e. The smallest absolute Gasteiger partial charge is 0.291 e. The number of amides is 1. The molecule has 0 bridgehead atoms. The maximum atomic E-state index is 12.2. The minimum atomic E-state index is -0.384. The Hall–Kier alpha value is -2.66. The Morgan fingerprint density at radius 1 is 1.12 bits per heavy atom. The van der Waals surface area contributed by atoms with Crippen LogP contribution in [0.3, 0.4) is 0 Å². The van der Waals surface area contributed by atoms with E-state index in [1.165, 1.54) is 0 Å². The summed E-state index contributed by atoms with van der Waals surface area (Å²) in [7, 11) is 0. The summed E-state index contributed by atoms with van der Waals surface area (Å²) in [6.07, 6.45) is 0. The average molecular weight is 339 g/mol. The van der Waals surface area contributed by atoms with Gasteiger partial charge in [0.15, 0.2) is 5.76 Å². The van der Waals surface area contributed by atoms with E-state index in [1.54, 1.807) is 36.0 Å². The highest BCUT2D eigenvalue weighted by Crippen LogP contribution is 2.26. The van der Waals surface area contributed by atoms with Gasteiger partial charge in [0.05, 0.1) is 11.4 Å². The lowest BCUT2D eigenvalue weighted by molar-refractivity contribution is 0.0995. The van der Waals surface area contributed by atoms with Gasteiger partial charge in [-0.05, 0) is 48.9 Å². The van der Waals surface area contributed by atoms with Crippen molar-refractivity contribution in [1.82, 2.24) is 0 Å². The Morgan fingerprint density at radius 2 is 1.92 bits per heavy atom. The third-order valence-corrected chi connectivity index (χ3v) is 4.45. The van der Waals surface area contributed by atoms with Gasteiger partial charge in [0, 0.05) is 4.90 Å². The lowest BCUT2D eigenvalue weighted by atomic mass is 10.2. The van der Waals surface area contributed by atoms with Gasteiger partial charge in [-0.3, -0.25) is 4.79 Å². The van der Waals surface area contributed by atoms with Gasteiger partial charge in [0.1, 0.15) is 11.5 Å². The maximum absolute atomic E-state index is 12.2. The SMILES string of the molecule is Cc1ccc(NC(=O)c2ccc(CSc3ccccc3)o2)c(O)c1. The predicted octanol–water partition coefficient (Wildman–Crippen LogP) is 4.84. The molecule has 2 N–H and O–H groups in total. The topological polar surface area (TPSA) is 62.5 Å². The van der Waals surface area contributed by atoms with Gasteiger partial charge in [0.25, 0.3) is 5.91 Å². The van der Waals surface area contributed by atoms with Crippen LogP contribution in [0.15, 0.2) is 70.0 Å². The van der Waals surface area contributed by atoms with Crippen molar-refractivity contribution in [2.75, 3.05) is 5.32 Å². The molecule has 0 fully saturated rings. The minimum absolute atomic E-state index is 0.0368. The molecule has 1 amide bonds. The lowest BCUT2D eigenvalue weighted by Crippen LogP contribution is -2.11. The molecule has 0 spiro atoms. The molecule has 3 rings (SSSR count). The quantitative estimate of drug-likeness (QED) is 0.516. The first-order valence-corrected chi connectivity index (χ1v) is 8.48. The normalized spacial score (nSPS) is 10.5. The number of rotatable bonds is 5. The number of phenolic OH excluding ortho intramolecular Hbond substituents is 1. The van der Waals surface area contributed by atoms with Crippen LogP contribution < -0.4 is 5.32 Å². The van der Waals surface area contributed by atoms with Gasteiger partial charge in [-0.2, -0.15) is 0 Å². The van der Waals surface area contributed by atoms with Crippen LogP contribution in [0.4, 0.5) is 5.69 Å². The Morgan fingerprint density at radius 3 is 2.67 bits per heavy atom. The molecule has 0 radical (unpaired) electrons. The molecule has 3 aromatic rings. The number of hydrogen-bond donors (Lipinski definition) is 2. The zero-order chi connectivity index (χ0) is 16.9. The number of phenols is 1. The lowest BCUT2D eigenvalue weighted by Gasteiger charge is -2.06. The molecule has 2 aromatic carbocycles. The molecule has 0 aliphatic carbocycles. The molecule has 1 heterocycles. The third-order valence-electron chi connectivity index (χ3n) is 3.41. The molecule has 0 atom stereocenters. The number of thioether (sulfide) groups is 1. The van der Waals surface area contributed by atoms with Crippen molar-refractivity contribution in [2.24, 2.45) is 0 Å². The second-order valence-electron chi connectivity index (χ2n) is 5.34. The second-order valence-corrected chi connectivity index (χ2v) is 6.39. The molecular weight excluding hydrogens is 322 g/mol. The number of aryl methyl sites for hydroxylation is 1. The number of carbonyl (C=O) groups is 1. The summed E-state index contributed by atoms with van der Waals surface area (Å²) >= 11 is 1.64. The molecular formula is C19H17NO3S. The Balaban J connectivity index is 1.63. The van der Waals surface area contributed by atoms with Gasteiger partial charge in [0.2, 0.25) is 0 Å². The van der Waals surface area contributed by atoms with Crippen molar-refractivity contribution >= 4 is 23.4 Å². The number of furan rings is 1. The summed E-state index contributed by atoms with van der Waals surface area (Å²) in [6.45, 7) is 1.87. The summed E-state index contributed by atoms with van der Waals surface area (Å²) in [5.41, 5.74) is 1.28. The first-order valence-electron chi connectivity index (χ1n) is 7.49. The number of nitrogens with one attached hydrogen (secondary N) is 1. The van der Waals surface area contributed by atoms with E-state index in [2.05, 4.69) is 5.32 Å². The van der Waals surface area contributed by atoms with Crippen molar-refractivity contribution in [2.45, 2.75) is 17.6 Å². The summed E-state index contributed by atoms with van der Waals surface area (Å²) in [6, 6.07) is 18.5. The standard InChI is InChI=1S/C19H17NO3S/c1-13-7-9-16(17(21)11-13)20-19(22)18-10-8-14(23-18)12-24-15-5-3-2-4-6-15/h2-11,21H,12H2,1H3,(H,20,22). The van der Waals surface area contributed by atoms with Gasteiger partial charge >= 0.3 is 0 Å². The van der Waals surface area contributed by atoms with Gasteiger partial charge in [-0.25, -0.2) is 0 Å². The van der Waals surface area contributed by atoms with Crippen molar-refractivity contribution in [3.8, 4) is 5.75 Å². The molecule has 1 aromatic heterocycles. The zero-order valence-electron chi connectivity index (χ0n) is 13.2. The maximum Gasteiger partial charge on any atom is 0.291 e. The van der Waals surface area contributed by atoms with Crippen molar-refractivity contribution < 1.29 is 14.3 Å². The van der Waals surface area contributed by atoms with Crippen LogP contribution in [0.1, 0.15) is 21.9 Å². The number of carbonyl (C=O) groups excluding carboxylic acids is 1.